The van der Waals surface area contributed by atoms with Crippen LogP contribution in [-0.4, -0.2) is 81.8 Å². The maximum absolute atomic E-state index is 13.4. The van der Waals surface area contributed by atoms with E-state index in [2.05, 4.69) is 32.3 Å². The molecule has 1 aromatic rings. The topological polar surface area (TPSA) is 52.1 Å². The van der Waals surface area contributed by atoms with E-state index < -0.39 is 0 Å². The van der Waals surface area contributed by atoms with Crippen molar-refractivity contribution in [2.45, 2.75) is 25.8 Å². The number of aliphatic imine (C=N–C) groups is 1. The van der Waals surface area contributed by atoms with E-state index in [1.165, 1.54) is 38.1 Å². The minimum Gasteiger partial charge on any atom is -0.379 e. The lowest BCUT2D eigenvalue weighted by atomic mass is 10.0. The summed E-state index contributed by atoms with van der Waals surface area (Å²) < 4.78 is 18.9. The van der Waals surface area contributed by atoms with Crippen LogP contribution in [0.4, 0.5) is 4.39 Å². The van der Waals surface area contributed by atoms with Crippen LogP contribution < -0.4 is 10.6 Å². The molecule has 2 aliphatic rings. The van der Waals surface area contributed by atoms with Gasteiger partial charge in [0.2, 0.25) is 0 Å². The van der Waals surface area contributed by atoms with Gasteiger partial charge in [-0.15, -0.1) is 24.0 Å². The second-order valence-corrected chi connectivity index (χ2v) is 8.14. The van der Waals surface area contributed by atoms with Gasteiger partial charge in [-0.3, -0.25) is 9.89 Å². The molecular formula is C22H37FIN5O. The van der Waals surface area contributed by atoms with E-state index in [9.17, 15) is 4.39 Å². The molecular weight excluding hydrogens is 496 g/mol. The molecule has 0 spiro atoms. The molecule has 170 valence electrons. The highest BCUT2D eigenvalue weighted by Crippen LogP contribution is 2.21. The Balaban J connectivity index is 0.00000320. The van der Waals surface area contributed by atoms with E-state index >= 15 is 0 Å². The second kappa shape index (κ2) is 13.4. The number of morpholine rings is 1. The molecule has 0 radical (unpaired) electrons. The van der Waals surface area contributed by atoms with Crippen LogP contribution in [0, 0.1) is 11.7 Å². The van der Waals surface area contributed by atoms with Crippen LogP contribution in [0.15, 0.2) is 29.3 Å². The highest BCUT2D eigenvalue weighted by Gasteiger charge is 2.23. The molecule has 30 heavy (non-hydrogen) atoms. The van der Waals surface area contributed by atoms with E-state index in [1.54, 1.807) is 7.05 Å². The number of hydrogen-bond donors (Lipinski definition) is 2. The molecule has 0 amide bonds. The molecule has 1 aromatic carbocycles. The van der Waals surface area contributed by atoms with Crippen LogP contribution in [0.2, 0.25) is 0 Å². The third kappa shape index (κ3) is 7.94. The standard InChI is InChI=1S/C22H36FN5O.HI/c1-18-4-3-10-27(17-18)11-9-25-22(24-2)26-16-21(28-12-14-29-15-13-28)19-5-7-20(23)8-6-19;/h5-8,18,21H,3-4,9-17H2,1-2H3,(H2,24,25,26);1H. The SMILES string of the molecule is CN=C(NCCN1CCCC(C)C1)NCC(c1ccc(F)cc1)N1CCOCC1.I. The van der Waals surface area contributed by atoms with Crippen molar-refractivity contribution in [1.82, 2.24) is 20.4 Å². The number of guanidine groups is 1. The highest BCUT2D eigenvalue weighted by molar-refractivity contribution is 14.0. The summed E-state index contributed by atoms with van der Waals surface area (Å²) in [5.74, 6) is 1.41. The third-order valence-electron chi connectivity index (χ3n) is 5.89. The van der Waals surface area contributed by atoms with Crippen molar-refractivity contribution < 1.29 is 9.13 Å². The summed E-state index contributed by atoms with van der Waals surface area (Å²) in [6.45, 7) is 10.6. The fourth-order valence-electron chi connectivity index (χ4n) is 4.27. The summed E-state index contributed by atoms with van der Waals surface area (Å²) in [5.41, 5.74) is 1.11. The molecule has 2 heterocycles. The Bertz CT molecular complexity index is 639. The number of halogens is 2. The van der Waals surface area contributed by atoms with Gasteiger partial charge >= 0.3 is 0 Å². The Morgan fingerprint density at radius 1 is 1.20 bits per heavy atom. The van der Waals surface area contributed by atoms with Crippen LogP contribution >= 0.6 is 24.0 Å². The van der Waals surface area contributed by atoms with E-state index in [0.717, 1.165) is 56.8 Å². The molecule has 2 aliphatic heterocycles. The lowest BCUT2D eigenvalue weighted by molar-refractivity contribution is 0.0170. The van der Waals surface area contributed by atoms with Gasteiger partial charge in [-0.05, 0) is 43.0 Å². The third-order valence-corrected chi connectivity index (χ3v) is 5.89. The summed E-state index contributed by atoms with van der Waals surface area (Å²) in [4.78, 5) is 9.31. The number of hydrogen-bond acceptors (Lipinski definition) is 4. The van der Waals surface area contributed by atoms with Crippen molar-refractivity contribution >= 4 is 29.9 Å². The molecule has 2 fully saturated rings. The Hall–Kier alpha value is -0.970. The van der Waals surface area contributed by atoms with E-state index in [0.29, 0.717) is 6.54 Å². The van der Waals surface area contributed by atoms with E-state index in [4.69, 9.17) is 4.74 Å². The van der Waals surface area contributed by atoms with Crippen molar-refractivity contribution in [2.24, 2.45) is 10.9 Å². The fraction of sp³-hybridized carbons (Fsp3) is 0.682. The number of ether oxygens (including phenoxy) is 1. The minimum absolute atomic E-state index is 0. The molecule has 0 aromatic heterocycles. The summed E-state index contributed by atoms with van der Waals surface area (Å²) in [6.07, 6.45) is 2.65. The predicted octanol–water partition coefficient (Wildman–Crippen LogP) is 2.71. The number of nitrogens with one attached hydrogen (secondary N) is 2. The molecule has 0 bridgehead atoms. The molecule has 2 unspecified atom stereocenters. The van der Waals surface area contributed by atoms with E-state index in [-0.39, 0.29) is 35.8 Å². The van der Waals surface area contributed by atoms with Gasteiger partial charge in [-0.2, -0.15) is 0 Å². The van der Waals surface area contributed by atoms with Crippen LogP contribution in [0.3, 0.4) is 0 Å². The first-order chi connectivity index (χ1) is 14.2. The van der Waals surface area contributed by atoms with Crippen LogP contribution in [0.1, 0.15) is 31.4 Å². The lowest BCUT2D eigenvalue weighted by Gasteiger charge is -2.35. The molecule has 0 saturated carbocycles. The monoisotopic (exact) mass is 533 g/mol. The Labute approximate surface area is 197 Å². The Morgan fingerprint density at radius 3 is 2.60 bits per heavy atom. The lowest BCUT2D eigenvalue weighted by Crippen LogP contribution is -2.47. The molecule has 2 atom stereocenters. The minimum atomic E-state index is -0.202. The number of likely N-dealkylation sites (tertiary alicyclic amines) is 1. The second-order valence-electron chi connectivity index (χ2n) is 8.14. The quantitative estimate of drug-likeness (QED) is 0.321. The van der Waals surface area contributed by atoms with Crippen molar-refractivity contribution in [3.8, 4) is 0 Å². The van der Waals surface area contributed by atoms with Gasteiger partial charge in [0.15, 0.2) is 5.96 Å². The van der Waals surface area contributed by atoms with Crippen LogP contribution in [-0.2, 0) is 4.74 Å². The molecule has 6 nitrogen and oxygen atoms in total. The number of nitrogens with zero attached hydrogens (tertiary/aromatic N) is 3. The van der Waals surface area contributed by atoms with Gasteiger partial charge in [-0.25, -0.2) is 4.39 Å². The Morgan fingerprint density at radius 2 is 1.93 bits per heavy atom. The van der Waals surface area contributed by atoms with Crippen molar-refractivity contribution in [3.05, 3.63) is 35.6 Å². The maximum atomic E-state index is 13.4. The zero-order chi connectivity index (χ0) is 20.5. The van der Waals surface area contributed by atoms with Gasteiger partial charge in [0.25, 0.3) is 0 Å². The van der Waals surface area contributed by atoms with E-state index in [1.807, 2.05) is 12.1 Å². The normalized spacial score (nSPS) is 22.2. The zero-order valence-electron chi connectivity index (χ0n) is 18.3. The molecule has 3 rings (SSSR count). The van der Waals surface area contributed by atoms with Gasteiger partial charge < -0.3 is 20.3 Å². The average Bonchev–Trinajstić information content (AvgIpc) is 2.74. The maximum Gasteiger partial charge on any atom is 0.191 e. The first-order valence-electron chi connectivity index (χ1n) is 10.9. The highest BCUT2D eigenvalue weighted by atomic mass is 127. The average molecular weight is 533 g/mol. The summed E-state index contributed by atoms with van der Waals surface area (Å²) in [6, 6.07) is 6.99. The zero-order valence-corrected chi connectivity index (χ0v) is 20.6. The molecule has 2 N–H and O–H groups in total. The largest absolute Gasteiger partial charge is 0.379 e. The predicted molar refractivity (Wildman–Crippen MR) is 131 cm³/mol. The van der Waals surface area contributed by atoms with Crippen LogP contribution in [0.25, 0.3) is 0 Å². The van der Waals surface area contributed by atoms with Gasteiger partial charge in [0.05, 0.1) is 19.3 Å². The molecule has 8 heteroatoms. The van der Waals surface area contributed by atoms with Crippen molar-refractivity contribution in [2.75, 3.05) is 66.1 Å². The molecule has 0 aliphatic carbocycles. The van der Waals surface area contributed by atoms with Crippen molar-refractivity contribution in [3.63, 3.8) is 0 Å². The van der Waals surface area contributed by atoms with Crippen LogP contribution in [0.5, 0.6) is 0 Å². The smallest absolute Gasteiger partial charge is 0.191 e. The first kappa shape index (κ1) is 25.3. The number of benzene rings is 1. The summed E-state index contributed by atoms with van der Waals surface area (Å²) in [7, 11) is 1.81. The molecule has 2 saturated heterocycles. The summed E-state index contributed by atoms with van der Waals surface area (Å²) in [5, 5.41) is 6.91. The number of rotatable bonds is 7. The Kier molecular flexibility index (Phi) is 11.3. The summed E-state index contributed by atoms with van der Waals surface area (Å²) >= 11 is 0. The first-order valence-corrected chi connectivity index (χ1v) is 10.9. The van der Waals surface area contributed by atoms with Gasteiger partial charge in [-0.1, -0.05) is 19.1 Å². The fourth-order valence-corrected chi connectivity index (χ4v) is 4.27. The van der Waals surface area contributed by atoms with Crippen molar-refractivity contribution in [1.29, 1.82) is 0 Å². The van der Waals surface area contributed by atoms with Gasteiger partial charge in [0, 0.05) is 46.3 Å². The van der Waals surface area contributed by atoms with Gasteiger partial charge in [0.1, 0.15) is 5.82 Å². The number of piperidine rings is 1.